The molecule has 0 unspecified atom stereocenters. The lowest BCUT2D eigenvalue weighted by molar-refractivity contribution is 0.204. The van der Waals surface area contributed by atoms with E-state index < -0.39 is 10.0 Å². The van der Waals surface area contributed by atoms with Gasteiger partial charge in [0.15, 0.2) is 5.96 Å². The van der Waals surface area contributed by atoms with Crippen LogP contribution >= 0.6 is 0 Å². The summed E-state index contributed by atoms with van der Waals surface area (Å²) in [5, 5.41) is 6.79. The molecule has 1 aliphatic rings. The molecule has 0 amide bonds. The Kier molecular flexibility index (Phi) is 9.39. The van der Waals surface area contributed by atoms with Gasteiger partial charge >= 0.3 is 0 Å². The number of nitrogens with one attached hydrogen (secondary N) is 3. The minimum atomic E-state index is -3.55. The molecule has 2 rings (SSSR count). The Balaban J connectivity index is 2.03. The molecule has 0 aliphatic heterocycles. The van der Waals surface area contributed by atoms with Crippen molar-refractivity contribution in [3.05, 3.63) is 29.8 Å². The highest BCUT2D eigenvalue weighted by Gasteiger charge is 2.31. The Hall–Kier alpha value is -1.64. The lowest BCUT2D eigenvalue weighted by atomic mass is 9.83. The third kappa shape index (κ3) is 7.28. The number of hydrogen-bond acceptors (Lipinski definition) is 4. The zero-order chi connectivity index (χ0) is 21.2. The van der Waals surface area contributed by atoms with Crippen molar-refractivity contribution in [1.82, 2.24) is 15.4 Å². The van der Waals surface area contributed by atoms with E-state index in [4.69, 9.17) is 4.74 Å². The summed E-state index contributed by atoms with van der Waals surface area (Å²) in [6, 6.07) is 6.91. The van der Waals surface area contributed by atoms with Crippen LogP contribution in [0.3, 0.4) is 0 Å². The van der Waals surface area contributed by atoms with Crippen LogP contribution in [0.25, 0.3) is 0 Å². The van der Waals surface area contributed by atoms with Crippen LogP contribution in [0.5, 0.6) is 0 Å². The summed E-state index contributed by atoms with van der Waals surface area (Å²) in [5.41, 5.74) is 1.22. The van der Waals surface area contributed by atoms with Crippen molar-refractivity contribution in [3.63, 3.8) is 0 Å². The monoisotopic (exact) mass is 424 g/mol. The largest absolute Gasteiger partial charge is 0.383 e. The number of hydrogen-bond donors (Lipinski definition) is 3. The molecule has 29 heavy (non-hydrogen) atoms. The van der Waals surface area contributed by atoms with Crippen LogP contribution in [0.4, 0.5) is 0 Å². The number of rotatable bonds is 11. The normalized spacial score (nSPS) is 16.7. The van der Waals surface area contributed by atoms with Crippen LogP contribution < -0.4 is 15.4 Å². The van der Waals surface area contributed by atoms with Gasteiger partial charge in [0.2, 0.25) is 10.0 Å². The summed E-state index contributed by atoms with van der Waals surface area (Å²) < 4.78 is 32.2. The molecule has 1 aromatic carbocycles. The van der Waals surface area contributed by atoms with E-state index in [1.807, 2.05) is 13.0 Å². The highest BCUT2D eigenvalue weighted by Crippen LogP contribution is 2.40. The molecule has 1 fully saturated rings. The second-order valence-electron chi connectivity index (χ2n) is 7.65. The number of benzene rings is 1. The van der Waals surface area contributed by atoms with Gasteiger partial charge in [-0.3, -0.25) is 0 Å². The molecule has 0 aromatic heterocycles. The van der Waals surface area contributed by atoms with Crippen molar-refractivity contribution in [2.45, 2.75) is 57.4 Å². The first-order valence-corrected chi connectivity index (χ1v) is 12.0. The van der Waals surface area contributed by atoms with Crippen LogP contribution in [0.2, 0.25) is 0 Å². The molecule has 1 saturated carbocycles. The van der Waals surface area contributed by atoms with Gasteiger partial charge in [0, 0.05) is 26.7 Å². The second-order valence-corrected chi connectivity index (χ2v) is 9.41. The van der Waals surface area contributed by atoms with Crippen LogP contribution in [-0.4, -0.2) is 47.7 Å². The molecule has 0 saturated heterocycles. The van der Waals surface area contributed by atoms with Crippen LogP contribution in [0, 0.1) is 5.41 Å². The number of sulfonamides is 1. The smallest absolute Gasteiger partial charge is 0.240 e. The van der Waals surface area contributed by atoms with Gasteiger partial charge in [-0.25, -0.2) is 18.1 Å². The van der Waals surface area contributed by atoms with Crippen LogP contribution in [0.1, 0.15) is 51.5 Å². The lowest BCUT2D eigenvalue weighted by Gasteiger charge is -2.28. The Morgan fingerprint density at radius 1 is 1.21 bits per heavy atom. The predicted octanol–water partition coefficient (Wildman–Crippen LogP) is 2.64. The fourth-order valence-corrected chi connectivity index (χ4v) is 4.82. The number of aliphatic imine (C=N–C) groups is 1. The Labute approximate surface area is 175 Å². The van der Waals surface area contributed by atoms with Gasteiger partial charge in [-0.05, 0) is 49.3 Å². The maximum Gasteiger partial charge on any atom is 0.240 e. The molecular weight excluding hydrogens is 388 g/mol. The molecule has 0 heterocycles. The van der Waals surface area contributed by atoms with Gasteiger partial charge in [0.25, 0.3) is 0 Å². The quantitative estimate of drug-likeness (QED) is 0.289. The van der Waals surface area contributed by atoms with Gasteiger partial charge in [-0.2, -0.15) is 0 Å². The molecular formula is C21H36N4O3S. The van der Waals surface area contributed by atoms with E-state index in [2.05, 4.69) is 27.3 Å². The summed E-state index contributed by atoms with van der Waals surface area (Å²) in [6.45, 7) is 7.01. The third-order valence-electron chi connectivity index (χ3n) is 5.62. The fourth-order valence-electron chi connectivity index (χ4n) is 3.74. The van der Waals surface area contributed by atoms with Crippen molar-refractivity contribution in [2.24, 2.45) is 10.4 Å². The molecule has 164 valence electrons. The van der Waals surface area contributed by atoms with Crippen molar-refractivity contribution in [2.75, 3.05) is 33.4 Å². The standard InChI is InChI=1S/C21H36N4O3S/c1-4-21(11-6-7-12-21)17-24-20(22-5-2)23-16-18-9-8-10-19(15-18)29(26,27)25-13-14-28-3/h8-10,15,25H,4-7,11-14,16-17H2,1-3H3,(H2,22,23,24). The summed E-state index contributed by atoms with van der Waals surface area (Å²) in [4.78, 5) is 4.91. The summed E-state index contributed by atoms with van der Waals surface area (Å²) in [5.74, 6) is 0.777. The topological polar surface area (TPSA) is 91.8 Å². The third-order valence-corrected chi connectivity index (χ3v) is 7.07. The van der Waals surface area contributed by atoms with E-state index in [9.17, 15) is 8.42 Å². The van der Waals surface area contributed by atoms with Crippen molar-refractivity contribution >= 4 is 16.0 Å². The Bertz CT molecular complexity index is 759. The van der Waals surface area contributed by atoms with Gasteiger partial charge in [-0.1, -0.05) is 31.9 Å². The van der Waals surface area contributed by atoms with Gasteiger partial charge < -0.3 is 15.4 Å². The maximum atomic E-state index is 12.4. The zero-order valence-electron chi connectivity index (χ0n) is 18.0. The van der Waals surface area contributed by atoms with Gasteiger partial charge in [0.1, 0.15) is 0 Å². The van der Waals surface area contributed by atoms with Gasteiger partial charge in [0.05, 0.1) is 18.0 Å². The first-order chi connectivity index (χ1) is 13.9. The highest BCUT2D eigenvalue weighted by atomic mass is 32.2. The molecule has 1 aliphatic carbocycles. The SMILES string of the molecule is CCNC(=NCc1cccc(S(=O)(=O)NCCOC)c1)NCC1(CC)CCCC1. The van der Waals surface area contributed by atoms with E-state index >= 15 is 0 Å². The average Bonchev–Trinajstić information content (AvgIpc) is 3.20. The highest BCUT2D eigenvalue weighted by molar-refractivity contribution is 7.89. The van der Waals surface area contributed by atoms with Crippen molar-refractivity contribution < 1.29 is 13.2 Å². The Morgan fingerprint density at radius 3 is 2.62 bits per heavy atom. The Morgan fingerprint density at radius 2 is 1.97 bits per heavy atom. The molecule has 1 aromatic rings. The zero-order valence-corrected chi connectivity index (χ0v) is 18.8. The summed E-state index contributed by atoms with van der Waals surface area (Å²) >= 11 is 0. The number of nitrogens with zero attached hydrogens (tertiary/aromatic N) is 1. The predicted molar refractivity (Wildman–Crippen MR) is 118 cm³/mol. The number of guanidine groups is 1. The van der Waals surface area contributed by atoms with E-state index in [0.29, 0.717) is 18.6 Å². The summed E-state index contributed by atoms with van der Waals surface area (Å²) in [6.07, 6.45) is 6.33. The van der Waals surface area contributed by atoms with Crippen molar-refractivity contribution in [1.29, 1.82) is 0 Å². The van der Waals surface area contributed by atoms with Crippen molar-refractivity contribution in [3.8, 4) is 0 Å². The average molecular weight is 425 g/mol. The molecule has 0 bridgehead atoms. The minimum Gasteiger partial charge on any atom is -0.383 e. The first kappa shape index (κ1) is 23.6. The molecule has 8 heteroatoms. The molecule has 0 spiro atoms. The van der Waals surface area contributed by atoms with Crippen LogP contribution in [-0.2, 0) is 21.3 Å². The van der Waals surface area contributed by atoms with Crippen LogP contribution in [0.15, 0.2) is 34.2 Å². The van der Waals surface area contributed by atoms with E-state index in [0.717, 1.165) is 24.6 Å². The molecule has 3 N–H and O–H groups in total. The van der Waals surface area contributed by atoms with E-state index in [-0.39, 0.29) is 11.4 Å². The maximum absolute atomic E-state index is 12.4. The first-order valence-electron chi connectivity index (χ1n) is 10.5. The molecule has 0 atom stereocenters. The second kappa shape index (κ2) is 11.5. The molecule has 0 radical (unpaired) electrons. The number of methoxy groups -OCH3 is 1. The fraction of sp³-hybridized carbons (Fsp3) is 0.667. The van der Waals surface area contributed by atoms with Gasteiger partial charge in [-0.15, -0.1) is 0 Å². The van der Waals surface area contributed by atoms with E-state index in [1.165, 1.54) is 39.2 Å². The summed E-state index contributed by atoms with van der Waals surface area (Å²) in [7, 11) is -2.01. The molecule has 7 nitrogen and oxygen atoms in total. The van der Waals surface area contributed by atoms with E-state index in [1.54, 1.807) is 18.2 Å². The number of ether oxygens (including phenoxy) is 1. The minimum absolute atomic E-state index is 0.245. The lowest BCUT2D eigenvalue weighted by Crippen LogP contribution is -2.42.